The maximum Gasteiger partial charge on any atom is 0.0303 e. The van der Waals surface area contributed by atoms with Crippen molar-refractivity contribution in [2.75, 3.05) is 13.1 Å². The Labute approximate surface area is 79.4 Å². The smallest absolute Gasteiger partial charge is 0.0303 e. The van der Waals surface area contributed by atoms with Crippen LogP contribution in [0.25, 0.3) is 0 Å². The molecule has 0 amide bonds. The topological polar surface area (TPSA) is 24.9 Å². The number of pyridine rings is 1. The minimum atomic E-state index is 0.682. The third-order valence-corrected chi connectivity index (χ3v) is 2.66. The molecule has 0 aromatic carbocycles. The molecule has 13 heavy (non-hydrogen) atoms. The zero-order valence-corrected chi connectivity index (χ0v) is 8.09. The van der Waals surface area contributed by atoms with Gasteiger partial charge < -0.3 is 5.32 Å². The van der Waals surface area contributed by atoms with Crippen molar-refractivity contribution in [3.8, 4) is 0 Å². The molecule has 70 valence electrons. The van der Waals surface area contributed by atoms with E-state index in [1.807, 2.05) is 12.4 Å². The number of nitrogens with one attached hydrogen (secondary N) is 1. The average molecular weight is 176 g/mol. The van der Waals surface area contributed by atoms with Crippen LogP contribution in [0.15, 0.2) is 18.5 Å². The van der Waals surface area contributed by atoms with Crippen LogP contribution in [-0.2, 0) is 0 Å². The number of nitrogens with zero attached hydrogens (tertiary/aromatic N) is 1. The Hall–Kier alpha value is -0.890. The van der Waals surface area contributed by atoms with Crippen molar-refractivity contribution in [3.63, 3.8) is 0 Å². The molecular weight excluding hydrogens is 160 g/mol. The lowest BCUT2D eigenvalue weighted by molar-refractivity contribution is 0.461. The Morgan fingerprint density at radius 1 is 1.46 bits per heavy atom. The third kappa shape index (κ3) is 2.07. The van der Waals surface area contributed by atoms with Gasteiger partial charge in [0, 0.05) is 18.9 Å². The Kier molecular flexibility index (Phi) is 2.60. The highest BCUT2D eigenvalue weighted by Crippen LogP contribution is 2.22. The van der Waals surface area contributed by atoms with Crippen molar-refractivity contribution in [2.45, 2.75) is 25.7 Å². The molecule has 2 heteroatoms. The van der Waals surface area contributed by atoms with Crippen molar-refractivity contribution in [2.24, 2.45) is 0 Å². The molecule has 2 nitrogen and oxygen atoms in total. The first-order valence-electron chi connectivity index (χ1n) is 4.98. The Morgan fingerprint density at radius 2 is 2.38 bits per heavy atom. The van der Waals surface area contributed by atoms with Gasteiger partial charge in [0.1, 0.15) is 0 Å². The van der Waals surface area contributed by atoms with Gasteiger partial charge in [-0.3, -0.25) is 4.98 Å². The van der Waals surface area contributed by atoms with E-state index in [0.29, 0.717) is 5.92 Å². The highest BCUT2D eigenvalue weighted by molar-refractivity contribution is 5.21. The molecule has 0 radical (unpaired) electrons. The molecule has 1 atom stereocenters. The number of aryl methyl sites for hydroxylation is 1. The largest absolute Gasteiger partial charge is 0.316 e. The predicted molar refractivity (Wildman–Crippen MR) is 53.8 cm³/mol. The van der Waals surface area contributed by atoms with E-state index < -0.39 is 0 Å². The van der Waals surface area contributed by atoms with E-state index in [9.17, 15) is 0 Å². The van der Waals surface area contributed by atoms with Gasteiger partial charge in [0.05, 0.1) is 0 Å². The lowest BCUT2D eigenvalue weighted by Crippen LogP contribution is -2.28. The predicted octanol–water partition coefficient (Wildman–Crippen LogP) is 1.86. The Bertz CT molecular complexity index is 277. The molecule has 2 rings (SSSR count). The van der Waals surface area contributed by atoms with Crippen LogP contribution in [0.2, 0.25) is 0 Å². The summed E-state index contributed by atoms with van der Waals surface area (Å²) in [6, 6.07) is 2.25. The van der Waals surface area contributed by atoms with E-state index in [1.165, 1.54) is 30.5 Å². The fraction of sp³-hybridized carbons (Fsp3) is 0.545. The van der Waals surface area contributed by atoms with E-state index in [1.54, 1.807) is 0 Å². The summed E-state index contributed by atoms with van der Waals surface area (Å²) >= 11 is 0. The second-order valence-electron chi connectivity index (χ2n) is 3.84. The van der Waals surface area contributed by atoms with Gasteiger partial charge in [0.25, 0.3) is 0 Å². The standard InChI is InChI=1S/C11H16N2/c1-9-5-11(8-13-6-9)10-3-2-4-12-7-10/h5-6,8,10,12H,2-4,7H2,1H3. The van der Waals surface area contributed by atoms with Gasteiger partial charge in [-0.05, 0) is 43.4 Å². The average Bonchev–Trinajstić information content (AvgIpc) is 2.19. The summed E-state index contributed by atoms with van der Waals surface area (Å²) in [7, 11) is 0. The van der Waals surface area contributed by atoms with E-state index in [-0.39, 0.29) is 0 Å². The highest BCUT2D eigenvalue weighted by Gasteiger charge is 2.14. The first-order valence-corrected chi connectivity index (χ1v) is 4.98. The van der Waals surface area contributed by atoms with Crippen molar-refractivity contribution in [1.29, 1.82) is 0 Å². The minimum Gasteiger partial charge on any atom is -0.316 e. The summed E-state index contributed by atoms with van der Waals surface area (Å²) in [5, 5.41) is 3.42. The van der Waals surface area contributed by atoms with Crippen LogP contribution in [-0.4, -0.2) is 18.1 Å². The van der Waals surface area contributed by atoms with Gasteiger partial charge >= 0.3 is 0 Å². The zero-order valence-electron chi connectivity index (χ0n) is 8.09. The van der Waals surface area contributed by atoms with Gasteiger partial charge in [0.2, 0.25) is 0 Å². The lowest BCUT2D eigenvalue weighted by Gasteiger charge is -2.22. The Morgan fingerprint density at radius 3 is 3.08 bits per heavy atom. The lowest BCUT2D eigenvalue weighted by atomic mass is 9.92. The van der Waals surface area contributed by atoms with Crippen molar-refractivity contribution >= 4 is 0 Å². The monoisotopic (exact) mass is 176 g/mol. The molecular formula is C11H16N2. The molecule has 0 spiro atoms. The van der Waals surface area contributed by atoms with Crippen molar-refractivity contribution < 1.29 is 0 Å². The molecule has 1 aromatic rings. The number of aromatic nitrogens is 1. The third-order valence-electron chi connectivity index (χ3n) is 2.66. The van der Waals surface area contributed by atoms with Crippen LogP contribution in [0, 0.1) is 6.92 Å². The van der Waals surface area contributed by atoms with Crippen LogP contribution >= 0.6 is 0 Å². The summed E-state index contributed by atoms with van der Waals surface area (Å²) in [4.78, 5) is 4.23. The molecule has 1 aliphatic rings. The summed E-state index contributed by atoms with van der Waals surface area (Å²) in [5.41, 5.74) is 2.66. The summed E-state index contributed by atoms with van der Waals surface area (Å²) in [6.07, 6.45) is 6.52. The normalized spacial score (nSPS) is 23.0. The molecule has 0 saturated carbocycles. The first-order chi connectivity index (χ1) is 6.36. The minimum absolute atomic E-state index is 0.682. The number of hydrogen-bond donors (Lipinski definition) is 1. The molecule has 1 aromatic heterocycles. The zero-order chi connectivity index (χ0) is 9.10. The van der Waals surface area contributed by atoms with Crippen molar-refractivity contribution in [1.82, 2.24) is 10.3 Å². The maximum absolute atomic E-state index is 4.23. The van der Waals surface area contributed by atoms with Crippen LogP contribution in [0.3, 0.4) is 0 Å². The van der Waals surface area contributed by atoms with Crippen LogP contribution in [0.1, 0.15) is 29.9 Å². The van der Waals surface area contributed by atoms with E-state index in [4.69, 9.17) is 0 Å². The quantitative estimate of drug-likeness (QED) is 0.706. The second kappa shape index (κ2) is 3.88. The fourth-order valence-electron chi connectivity index (χ4n) is 1.94. The SMILES string of the molecule is Cc1cncc(C2CCCNC2)c1. The number of hydrogen-bond acceptors (Lipinski definition) is 2. The van der Waals surface area contributed by atoms with E-state index in [2.05, 4.69) is 23.3 Å². The van der Waals surface area contributed by atoms with Gasteiger partial charge in [-0.2, -0.15) is 0 Å². The number of rotatable bonds is 1. The van der Waals surface area contributed by atoms with E-state index >= 15 is 0 Å². The van der Waals surface area contributed by atoms with Crippen LogP contribution in [0.5, 0.6) is 0 Å². The summed E-state index contributed by atoms with van der Waals surface area (Å²) in [6.45, 7) is 4.40. The molecule has 1 fully saturated rings. The molecule has 2 heterocycles. The van der Waals surface area contributed by atoms with Crippen LogP contribution in [0.4, 0.5) is 0 Å². The first kappa shape index (κ1) is 8.70. The molecule has 1 saturated heterocycles. The van der Waals surface area contributed by atoms with Crippen molar-refractivity contribution in [3.05, 3.63) is 29.6 Å². The van der Waals surface area contributed by atoms with Gasteiger partial charge in [0.15, 0.2) is 0 Å². The Balaban J connectivity index is 2.14. The van der Waals surface area contributed by atoms with Gasteiger partial charge in [-0.1, -0.05) is 6.07 Å². The van der Waals surface area contributed by atoms with E-state index in [0.717, 1.165) is 6.54 Å². The summed E-state index contributed by atoms with van der Waals surface area (Å²) < 4.78 is 0. The summed E-state index contributed by atoms with van der Waals surface area (Å²) in [5.74, 6) is 0.682. The molecule has 1 unspecified atom stereocenters. The molecule has 1 N–H and O–H groups in total. The molecule has 0 bridgehead atoms. The van der Waals surface area contributed by atoms with Gasteiger partial charge in [-0.15, -0.1) is 0 Å². The molecule has 0 aliphatic carbocycles. The maximum atomic E-state index is 4.23. The highest BCUT2D eigenvalue weighted by atomic mass is 14.9. The second-order valence-corrected chi connectivity index (χ2v) is 3.84. The van der Waals surface area contributed by atoms with Crippen LogP contribution < -0.4 is 5.32 Å². The van der Waals surface area contributed by atoms with Gasteiger partial charge in [-0.25, -0.2) is 0 Å². The molecule has 1 aliphatic heterocycles. The number of piperidine rings is 1. The fourth-order valence-corrected chi connectivity index (χ4v) is 1.94.